The van der Waals surface area contributed by atoms with Crippen molar-refractivity contribution in [1.82, 2.24) is 9.80 Å². The lowest BCUT2D eigenvalue weighted by atomic mass is 10.1. The molecular weight excluding hydrogens is 480 g/mol. The van der Waals surface area contributed by atoms with Crippen molar-refractivity contribution in [3.8, 4) is 11.5 Å². The van der Waals surface area contributed by atoms with E-state index in [1.807, 2.05) is 0 Å². The zero-order chi connectivity index (χ0) is 26.8. The summed E-state index contributed by atoms with van der Waals surface area (Å²) in [5, 5.41) is 37.0. The summed E-state index contributed by atoms with van der Waals surface area (Å²) >= 11 is 0. The summed E-state index contributed by atoms with van der Waals surface area (Å²) in [7, 11) is 2.95. The Morgan fingerprint density at radius 1 is 0.833 bits per heavy atom. The summed E-state index contributed by atoms with van der Waals surface area (Å²) < 4.78 is 10.5. The molecule has 0 aliphatic carbocycles. The predicted molar refractivity (Wildman–Crippen MR) is 125 cm³/mol. The lowest BCUT2D eigenvalue weighted by molar-refractivity contribution is -0.385. The molecule has 14 heteroatoms. The Morgan fingerprint density at radius 3 is 1.72 bits per heavy atom. The average molecular weight is 506 g/mol. The monoisotopic (exact) mass is 506 g/mol. The molecule has 2 aromatic carbocycles. The molecule has 1 heterocycles. The third-order valence-electron chi connectivity index (χ3n) is 5.38. The first-order chi connectivity index (χ1) is 17.0. The molecule has 0 spiro atoms. The van der Waals surface area contributed by atoms with Crippen molar-refractivity contribution in [3.05, 3.63) is 67.8 Å². The number of nitro benzene ring substituents is 2. The van der Waals surface area contributed by atoms with Crippen molar-refractivity contribution in [2.24, 2.45) is 0 Å². The van der Waals surface area contributed by atoms with Crippen LogP contribution in [0.4, 0.5) is 11.4 Å². The molecule has 3 rings (SSSR count). The van der Waals surface area contributed by atoms with Gasteiger partial charge in [-0.3, -0.25) is 30.0 Å². The molecule has 1 aliphatic rings. The quantitative estimate of drug-likeness (QED) is 0.302. The number of non-ortho nitro benzene ring substituents is 1. The predicted octanol–water partition coefficient (Wildman–Crippen LogP) is 1.99. The molecule has 0 atom stereocenters. The maximum atomic E-state index is 11.5. The summed E-state index contributed by atoms with van der Waals surface area (Å²) in [6.45, 7) is 4.29. The normalized spacial score (nSPS) is 13.7. The average Bonchev–Trinajstić information content (AvgIpc) is 2.85. The van der Waals surface area contributed by atoms with Crippen LogP contribution < -0.4 is 9.47 Å². The highest BCUT2D eigenvalue weighted by atomic mass is 16.6. The summed E-state index contributed by atoms with van der Waals surface area (Å²) in [6, 6.07) is 9.65. The van der Waals surface area contributed by atoms with Gasteiger partial charge < -0.3 is 19.7 Å². The van der Waals surface area contributed by atoms with Gasteiger partial charge in [0, 0.05) is 57.0 Å². The number of hydrogen-bond donors (Lipinski definition) is 2. The van der Waals surface area contributed by atoms with E-state index in [1.54, 1.807) is 18.2 Å². The van der Waals surface area contributed by atoms with E-state index in [9.17, 15) is 20.2 Å². The van der Waals surface area contributed by atoms with Gasteiger partial charge in [-0.05, 0) is 11.6 Å². The van der Waals surface area contributed by atoms with E-state index < -0.39 is 21.8 Å². The van der Waals surface area contributed by atoms with Crippen molar-refractivity contribution >= 4 is 23.3 Å². The number of piperazine rings is 1. The fourth-order valence-electron chi connectivity index (χ4n) is 3.53. The van der Waals surface area contributed by atoms with E-state index in [0.29, 0.717) is 30.2 Å². The molecule has 1 aliphatic heterocycles. The highest BCUT2D eigenvalue weighted by Gasteiger charge is 2.24. The number of ether oxygens (including phenoxy) is 2. The van der Waals surface area contributed by atoms with E-state index in [-0.39, 0.29) is 11.4 Å². The summed E-state index contributed by atoms with van der Waals surface area (Å²) in [4.78, 5) is 44.1. The van der Waals surface area contributed by atoms with Crippen LogP contribution in [0.15, 0.2) is 36.4 Å². The van der Waals surface area contributed by atoms with Gasteiger partial charge in [0.15, 0.2) is 11.5 Å². The summed E-state index contributed by atoms with van der Waals surface area (Å²) in [5.41, 5.74) is 1.70. The molecule has 0 radical (unpaired) electrons. The number of hydrogen-bond acceptors (Lipinski definition) is 10. The van der Waals surface area contributed by atoms with Crippen molar-refractivity contribution in [1.29, 1.82) is 0 Å². The molecule has 0 saturated carbocycles. The molecule has 0 unspecified atom stereocenters. The highest BCUT2D eigenvalue weighted by molar-refractivity contribution is 6.27. The Kier molecular flexibility index (Phi) is 10.1. The Bertz CT molecular complexity index is 1090. The van der Waals surface area contributed by atoms with Gasteiger partial charge in [-0.1, -0.05) is 12.1 Å². The number of carboxylic acids is 2. The number of nitro groups is 2. The molecule has 0 bridgehead atoms. The number of rotatable bonds is 8. The second-order valence-corrected chi connectivity index (χ2v) is 7.68. The zero-order valence-electron chi connectivity index (χ0n) is 19.7. The minimum atomic E-state index is -1.82. The van der Waals surface area contributed by atoms with Gasteiger partial charge in [-0.25, -0.2) is 9.59 Å². The number of methoxy groups -OCH3 is 2. The van der Waals surface area contributed by atoms with Crippen molar-refractivity contribution in [3.63, 3.8) is 0 Å². The number of aliphatic carboxylic acids is 2. The van der Waals surface area contributed by atoms with Crippen LogP contribution in [0.1, 0.15) is 11.1 Å². The van der Waals surface area contributed by atoms with Gasteiger partial charge in [-0.15, -0.1) is 0 Å². The minimum absolute atomic E-state index is 0.0148. The molecule has 1 fully saturated rings. The number of nitrogens with zero attached hydrogens (tertiary/aromatic N) is 4. The first-order valence-electron chi connectivity index (χ1n) is 10.6. The van der Waals surface area contributed by atoms with Gasteiger partial charge in [0.05, 0.1) is 30.1 Å². The molecule has 0 aromatic heterocycles. The lowest BCUT2D eigenvalue weighted by Crippen LogP contribution is -2.45. The first-order valence-corrected chi connectivity index (χ1v) is 10.6. The van der Waals surface area contributed by atoms with E-state index in [1.165, 1.54) is 32.4 Å². The Balaban J connectivity index is 0.000000678. The number of carbonyl (C=O) groups is 2. The Morgan fingerprint density at radius 2 is 1.31 bits per heavy atom. The maximum absolute atomic E-state index is 11.5. The van der Waals surface area contributed by atoms with E-state index in [2.05, 4.69) is 9.80 Å². The zero-order valence-corrected chi connectivity index (χ0v) is 19.7. The van der Waals surface area contributed by atoms with Crippen molar-refractivity contribution < 1.29 is 39.1 Å². The van der Waals surface area contributed by atoms with Crippen LogP contribution in [0.25, 0.3) is 0 Å². The van der Waals surface area contributed by atoms with Crippen molar-refractivity contribution in [2.45, 2.75) is 13.1 Å². The van der Waals surface area contributed by atoms with Gasteiger partial charge in [0.25, 0.3) is 11.4 Å². The molecule has 36 heavy (non-hydrogen) atoms. The highest BCUT2D eigenvalue weighted by Crippen LogP contribution is 2.35. The van der Waals surface area contributed by atoms with Crippen LogP contribution >= 0.6 is 0 Å². The Labute approximate surface area is 205 Å². The molecule has 0 amide bonds. The lowest BCUT2D eigenvalue weighted by Gasteiger charge is -2.34. The second-order valence-electron chi connectivity index (χ2n) is 7.68. The van der Waals surface area contributed by atoms with Crippen LogP contribution in [-0.4, -0.2) is 82.2 Å². The minimum Gasteiger partial charge on any atom is -0.493 e. The Hall–Kier alpha value is -4.30. The van der Waals surface area contributed by atoms with Gasteiger partial charge in [-0.2, -0.15) is 0 Å². The smallest absolute Gasteiger partial charge is 0.414 e. The molecule has 194 valence electrons. The van der Waals surface area contributed by atoms with Gasteiger partial charge >= 0.3 is 11.9 Å². The third-order valence-corrected chi connectivity index (χ3v) is 5.38. The fraction of sp³-hybridized carbons (Fsp3) is 0.364. The first kappa shape index (κ1) is 27.9. The molecule has 2 aromatic rings. The van der Waals surface area contributed by atoms with E-state index in [0.717, 1.165) is 31.7 Å². The second kappa shape index (κ2) is 13.0. The van der Waals surface area contributed by atoms with Crippen LogP contribution in [0.2, 0.25) is 0 Å². The summed E-state index contributed by atoms with van der Waals surface area (Å²) in [6.07, 6.45) is 0. The molecular formula is C22H26N4O10. The largest absolute Gasteiger partial charge is 0.493 e. The third kappa shape index (κ3) is 7.89. The van der Waals surface area contributed by atoms with E-state index in [4.69, 9.17) is 29.3 Å². The van der Waals surface area contributed by atoms with Gasteiger partial charge in [0.2, 0.25) is 0 Å². The molecule has 1 saturated heterocycles. The van der Waals surface area contributed by atoms with E-state index >= 15 is 0 Å². The van der Waals surface area contributed by atoms with Crippen LogP contribution in [0, 0.1) is 20.2 Å². The SMILES string of the molecule is COc1cc(CN2CCN(Cc3ccc([N+](=O)[O-])cc3)CC2)c([N+](=O)[O-])cc1OC.O=C(O)C(=O)O. The van der Waals surface area contributed by atoms with Crippen LogP contribution in [0.5, 0.6) is 11.5 Å². The number of carboxylic acid groups (broad SMARTS) is 2. The molecule has 2 N–H and O–H groups in total. The van der Waals surface area contributed by atoms with Crippen LogP contribution in [-0.2, 0) is 22.7 Å². The summed E-state index contributed by atoms with van der Waals surface area (Å²) in [5.74, 6) is -2.85. The number of benzene rings is 2. The van der Waals surface area contributed by atoms with Crippen molar-refractivity contribution in [2.75, 3.05) is 40.4 Å². The standard InChI is InChI=1S/C20H24N4O6.C2H2O4/c1-29-19-11-16(18(24(27)28)12-20(19)30-2)14-22-9-7-21(8-10-22)13-15-3-5-17(6-4-15)23(25)26;3-1(4)2(5)6/h3-6,11-12H,7-10,13-14H2,1-2H3;(H,3,4)(H,5,6). The van der Waals surface area contributed by atoms with Crippen LogP contribution in [0.3, 0.4) is 0 Å². The maximum Gasteiger partial charge on any atom is 0.414 e. The topological polar surface area (TPSA) is 186 Å². The fourth-order valence-corrected chi connectivity index (χ4v) is 3.53. The molecule has 14 nitrogen and oxygen atoms in total. The van der Waals surface area contributed by atoms with Gasteiger partial charge in [0.1, 0.15) is 0 Å².